The van der Waals surface area contributed by atoms with Crippen molar-refractivity contribution in [2.75, 3.05) is 13.1 Å². The van der Waals surface area contributed by atoms with Gasteiger partial charge in [0.05, 0.1) is 0 Å². The molecule has 0 aliphatic rings. The minimum Gasteiger partial charge on any atom is -0.478 e. The topological polar surface area (TPSA) is 70.8 Å². The first-order valence-electron chi connectivity index (χ1n) is 7.41. The highest BCUT2D eigenvalue weighted by Gasteiger charge is 2.24. The zero-order valence-electron chi connectivity index (χ0n) is 13.5. The number of aromatic carboxylic acids is 1. The molecule has 21 heavy (non-hydrogen) atoms. The summed E-state index contributed by atoms with van der Waals surface area (Å²) in [4.78, 5) is 25.5. The summed E-state index contributed by atoms with van der Waals surface area (Å²) in [6.45, 7) is 11.2. The smallest absolute Gasteiger partial charge is 0.339 e. The van der Waals surface area contributed by atoms with Gasteiger partial charge in [-0.05, 0) is 11.8 Å². The molecule has 1 rings (SSSR count). The molecule has 1 aromatic rings. The van der Waals surface area contributed by atoms with Crippen LogP contribution < -0.4 is 0 Å². The Bertz CT molecular complexity index is 492. The maximum atomic E-state index is 12.6. The molecular formula is C16H25NO4. The van der Waals surface area contributed by atoms with Crippen LogP contribution in [0, 0.1) is 11.8 Å². The Morgan fingerprint density at radius 3 is 2.05 bits per heavy atom. The maximum Gasteiger partial charge on any atom is 0.339 e. The van der Waals surface area contributed by atoms with Gasteiger partial charge in [-0.25, -0.2) is 4.79 Å². The molecule has 0 saturated carbocycles. The van der Waals surface area contributed by atoms with Gasteiger partial charge in [0, 0.05) is 25.6 Å². The zero-order chi connectivity index (χ0) is 16.2. The van der Waals surface area contributed by atoms with E-state index in [2.05, 4.69) is 0 Å². The first-order valence-corrected chi connectivity index (χ1v) is 7.41. The first kappa shape index (κ1) is 17.3. The summed E-state index contributed by atoms with van der Waals surface area (Å²) in [5, 5.41) is 9.14. The average Bonchev–Trinajstić information content (AvgIpc) is 2.80. The highest BCUT2D eigenvalue weighted by atomic mass is 16.4. The standard InChI is InChI=1S/C16H25NO4/c1-6-13-12(16(19)20)7-14(21-13)15(18)17(8-10(2)3)9-11(4)5/h7,10-11H,6,8-9H2,1-5H3,(H,19,20). The number of carbonyl (C=O) groups excluding carboxylic acids is 1. The van der Waals surface area contributed by atoms with E-state index in [9.17, 15) is 9.59 Å². The van der Waals surface area contributed by atoms with Crippen molar-refractivity contribution in [3.05, 3.63) is 23.2 Å². The largest absolute Gasteiger partial charge is 0.478 e. The van der Waals surface area contributed by atoms with E-state index >= 15 is 0 Å². The fourth-order valence-corrected chi connectivity index (χ4v) is 2.26. The molecule has 0 atom stereocenters. The molecule has 0 saturated heterocycles. The number of furan rings is 1. The number of carbonyl (C=O) groups is 2. The molecule has 118 valence electrons. The predicted molar refractivity (Wildman–Crippen MR) is 80.6 cm³/mol. The minimum atomic E-state index is -1.06. The van der Waals surface area contributed by atoms with Crippen molar-refractivity contribution in [1.82, 2.24) is 4.90 Å². The van der Waals surface area contributed by atoms with Crippen molar-refractivity contribution in [2.24, 2.45) is 11.8 Å². The second-order valence-electron chi connectivity index (χ2n) is 6.10. The van der Waals surface area contributed by atoms with Crippen LogP contribution in [-0.4, -0.2) is 35.0 Å². The highest BCUT2D eigenvalue weighted by molar-refractivity contribution is 5.96. The first-order chi connectivity index (χ1) is 9.76. The summed E-state index contributed by atoms with van der Waals surface area (Å²) in [5.74, 6) is -0.154. The van der Waals surface area contributed by atoms with Gasteiger partial charge in [-0.2, -0.15) is 0 Å². The van der Waals surface area contributed by atoms with E-state index in [1.54, 1.807) is 11.8 Å². The highest BCUT2D eigenvalue weighted by Crippen LogP contribution is 2.19. The van der Waals surface area contributed by atoms with E-state index in [0.29, 0.717) is 37.1 Å². The number of rotatable bonds is 7. The second-order valence-corrected chi connectivity index (χ2v) is 6.10. The van der Waals surface area contributed by atoms with Gasteiger partial charge in [0.1, 0.15) is 11.3 Å². The lowest BCUT2D eigenvalue weighted by Crippen LogP contribution is -2.36. The van der Waals surface area contributed by atoms with Crippen LogP contribution in [0.15, 0.2) is 10.5 Å². The summed E-state index contributed by atoms with van der Waals surface area (Å²) in [7, 11) is 0. The molecule has 0 aromatic carbocycles. The molecule has 0 aliphatic carbocycles. The SMILES string of the molecule is CCc1oc(C(=O)N(CC(C)C)CC(C)C)cc1C(=O)O. The lowest BCUT2D eigenvalue weighted by atomic mass is 10.1. The van der Waals surface area contributed by atoms with Gasteiger partial charge in [-0.15, -0.1) is 0 Å². The fraction of sp³-hybridized carbons (Fsp3) is 0.625. The van der Waals surface area contributed by atoms with E-state index in [1.165, 1.54) is 6.07 Å². The number of hydrogen-bond acceptors (Lipinski definition) is 3. The van der Waals surface area contributed by atoms with Gasteiger partial charge >= 0.3 is 5.97 Å². The van der Waals surface area contributed by atoms with Crippen molar-refractivity contribution in [3.8, 4) is 0 Å². The van der Waals surface area contributed by atoms with Gasteiger partial charge in [0.15, 0.2) is 5.76 Å². The summed E-state index contributed by atoms with van der Waals surface area (Å²) in [6, 6.07) is 1.34. The molecule has 1 aromatic heterocycles. The maximum absolute atomic E-state index is 12.6. The number of carboxylic acid groups (broad SMARTS) is 1. The van der Waals surface area contributed by atoms with Crippen molar-refractivity contribution in [1.29, 1.82) is 0 Å². The fourth-order valence-electron chi connectivity index (χ4n) is 2.26. The van der Waals surface area contributed by atoms with Crippen molar-refractivity contribution < 1.29 is 19.1 Å². The van der Waals surface area contributed by atoms with E-state index in [1.807, 2.05) is 27.7 Å². The molecule has 0 spiro atoms. The van der Waals surface area contributed by atoms with Gasteiger partial charge in [0.25, 0.3) is 5.91 Å². The monoisotopic (exact) mass is 295 g/mol. The van der Waals surface area contributed by atoms with Gasteiger partial charge in [-0.1, -0.05) is 34.6 Å². The Morgan fingerprint density at radius 1 is 1.19 bits per heavy atom. The van der Waals surface area contributed by atoms with Crippen LogP contribution >= 0.6 is 0 Å². The van der Waals surface area contributed by atoms with E-state index in [0.717, 1.165) is 0 Å². The van der Waals surface area contributed by atoms with Crippen LogP contribution in [0.3, 0.4) is 0 Å². The summed E-state index contributed by atoms with van der Waals surface area (Å²) in [6.07, 6.45) is 0.448. The molecule has 0 bridgehead atoms. The number of hydrogen-bond donors (Lipinski definition) is 1. The number of aryl methyl sites for hydroxylation is 1. The Labute approximate surface area is 125 Å². The molecule has 0 unspecified atom stereocenters. The number of nitrogens with zero attached hydrogens (tertiary/aromatic N) is 1. The molecule has 1 N–H and O–H groups in total. The predicted octanol–water partition coefficient (Wildman–Crippen LogP) is 3.29. The van der Waals surface area contributed by atoms with Crippen LogP contribution in [0.1, 0.15) is 61.3 Å². The Hall–Kier alpha value is -1.78. The minimum absolute atomic E-state index is 0.0786. The molecule has 5 heteroatoms. The third-order valence-electron chi connectivity index (χ3n) is 3.03. The molecule has 1 heterocycles. The van der Waals surface area contributed by atoms with Crippen molar-refractivity contribution >= 4 is 11.9 Å². The summed E-state index contributed by atoms with van der Waals surface area (Å²) in [5.41, 5.74) is 0.0786. The van der Waals surface area contributed by atoms with Crippen LogP contribution in [-0.2, 0) is 6.42 Å². The van der Waals surface area contributed by atoms with Crippen LogP contribution in [0.25, 0.3) is 0 Å². The molecule has 0 aliphatic heterocycles. The van der Waals surface area contributed by atoms with E-state index in [-0.39, 0.29) is 17.2 Å². The van der Waals surface area contributed by atoms with E-state index < -0.39 is 5.97 Å². The van der Waals surface area contributed by atoms with Gasteiger partial charge in [0.2, 0.25) is 0 Å². The quantitative estimate of drug-likeness (QED) is 0.838. The zero-order valence-corrected chi connectivity index (χ0v) is 13.5. The van der Waals surface area contributed by atoms with Crippen LogP contribution in [0.5, 0.6) is 0 Å². The average molecular weight is 295 g/mol. The third kappa shape index (κ3) is 4.62. The lowest BCUT2D eigenvalue weighted by molar-refractivity contribution is 0.0676. The number of carboxylic acids is 1. The molecule has 1 amide bonds. The normalized spacial score (nSPS) is 11.2. The van der Waals surface area contributed by atoms with Crippen molar-refractivity contribution in [2.45, 2.75) is 41.0 Å². The third-order valence-corrected chi connectivity index (χ3v) is 3.03. The molecule has 5 nitrogen and oxygen atoms in total. The summed E-state index contributed by atoms with van der Waals surface area (Å²) < 4.78 is 5.46. The molecular weight excluding hydrogens is 270 g/mol. The van der Waals surface area contributed by atoms with E-state index in [4.69, 9.17) is 9.52 Å². The molecule has 0 fully saturated rings. The number of amides is 1. The van der Waals surface area contributed by atoms with Crippen molar-refractivity contribution in [3.63, 3.8) is 0 Å². The van der Waals surface area contributed by atoms with Gasteiger partial charge in [-0.3, -0.25) is 4.79 Å². The van der Waals surface area contributed by atoms with Gasteiger partial charge < -0.3 is 14.4 Å². The Kier molecular flexibility index (Phi) is 6.00. The summed E-state index contributed by atoms with van der Waals surface area (Å²) >= 11 is 0. The second kappa shape index (κ2) is 7.29. The Morgan fingerprint density at radius 2 is 1.71 bits per heavy atom. The Balaban J connectivity index is 3.05. The van der Waals surface area contributed by atoms with Crippen LogP contribution in [0.2, 0.25) is 0 Å². The lowest BCUT2D eigenvalue weighted by Gasteiger charge is -2.25. The van der Waals surface area contributed by atoms with Crippen LogP contribution in [0.4, 0.5) is 0 Å². The molecule has 0 radical (unpaired) electrons.